The van der Waals surface area contributed by atoms with Crippen molar-refractivity contribution in [2.45, 2.75) is 19.9 Å². The molecule has 1 aliphatic heterocycles. The van der Waals surface area contributed by atoms with Crippen LogP contribution in [0.2, 0.25) is 30.1 Å². The molecule has 0 fully saturated rings. The molecule has 1 heterocycles. The van der Waals surface area contributed by atoms with Gasteiger partial charge in [-0.15, -0.1) is 0 Å². The van der Waals surface area contributed by atoms with Gasteiger partial charge in [-0.25, -0.2) is 5.01 Å². The van der Waals surface area contributed by atoms with Crippen LogP contribution in [0.15, 0.2) is 42.5 Å². The van der Waals surface area contributed by atoms with Gasteiger partial charge in [0.2, 0.25) is 0 Å². The Morgan fingerprint density at radius 2 is 1.30 bits per heavy atom. The average molecular weight is 619 g/mol. The highest BCUT2D eigenvalue weighted by Crippen LogP contribution is 2.45. The summed E-state index contributed by atoms with van der Waals surface area (Å²) in [5, 5.41) is 0.296. The highest BCUT2D eigenvalue weighted by molar-refractivity contribution is 6.55. The van der Waals surface area contributed by atoms with Gasteiger partial charge in [-0.05, 0) is 32.0 Å². The predicted octanol–water partition coefficient (Wildman–Crippen LogP) is 7.84. The molecule has 37 heavy (non-hydrogen) atoms. The normalized spacial score (nSPS) is 13.6. The number of Topliss-reactive ketones (excluding diaryl/α,β-unsaturated/α-hetero) is 1. The third-order valence-corrected chi connectivity index (χ3v) is 8.10. The number of benzene rings is 3. The molecule has 3 aromatic carbocycles. The van der Waals surface area contributed by atoms with E-state index in [1.54, 1.807) is 24.3 Å². The second kappa shape index (κ2) is 10.4. The molecule has 3 amide bonds. The molecule has 0 bridgehead atoms. The fraction of sp³-hybridized carbons (Fsp3) is 0.120. The van der Waals surface area contributed by atoms with Gasteiger partial charge in [-0.3, -0.25) is 19.2 Å². The van der Waals surface area contributed by atoms with Crippen LogP contribution in [0, 0.1) is 6.92 Å². The van der Waals surface area contributed by atoms with Gasteiger partial charge >= 0.3 is 0 Å². The van der Waals surface area contributed by atoms with Crippen molar-refractivity contribution < 1.29 is 19.2 Å². The van der Waals surface area contributed by atoms with E-state index in [0.29, 0.717) is 5.01 Å². The first-order valence-corrected chi connectivity index (χ1v) is 12.8. The summed E-state index contributed by atoms with van der Waals surface area (Å²) in [5.41, 5.74) is 0.349. The minimum Gasteiger partial charge on any atom is -0.292 e. The monoisotopic (exact) mass is 616 g/mol. The van der Waals surface area contributed by atoms with E-state index in [1.807, 2.05) is 6.92 Å². The van der Waals surface area contributed by atoms with E-state index >= 15 is 0 Å². The topological polar surface area (TPSA) is 74.8 Å². The van der Waals surface area contributed by atoms with Crippen molar-refractivity contribution in [2.24, 2.45) is 0 Å². The molecular weight excluding hydrogens is 605 g/mol. The lowest BCUT2D eigenvalue weighted by Gasteiger charge is -2.34. The lowest BCUT2D eigenvalue weighted by Crippen LogP contribution is -2.56. The van der Waals surface area contributed by atoms with E-state index in [9.17, 15) is 19.2 Å². The zero-order valence-corrected chi connectivity index (χ0v) is 23.4. The average Bonchev–Trinajstić information content (AvgIpc) is 3.11. The SMILES string of the molecule is Cc1ccc(C(=O)[C@H](C)N(C(=O)c2ccc(Cl)cc2Cl)N2C(=O)c3c(Cl)c(Cl)c(Cl)c(Cl)c3C2=O)cc1. The number of hydrazine groups is 1. The Morgan fingerprint density at radius 1 is 0.784 bits per heavy atom. The maximum Gasteiger partial charge on any atom is 0.282 e. The highest BCUT2D eigenvalue weighted by Gasteiger charge is 2.48. The minimum absolute atomic E-state index is 0.0590. The summed E-state index contributed by atoms with van der Waals surface area (Å²) in [6.07, 6.45) is 0. The minimum atomic E-state index is -1.35. The number of halogens is 6. The number of imide groups is 1. The molecule has 190 valence electrons. The second-order valence-electron chi connectivity index (χ2n) is 8.11. The number of aryl methyl sites for hydroxylation is 1. The number of hydrogen-bond acceptors (Lipinski definition) is 4. The molecule has 0 saturated carbocycles. The smallest absolute Gasteiger partial charge is 0.282 e. The Hall–Kier alpha value is -2.32. The Bertz CT molecular complexity index is 1460. The van der Waals surface area contributed by atoms with Crippen molar-refractivity contribution >= 4 is 93.1 Å². The van der Waals surface area contributed by atoms with Gasteiger partial charge in [-0.1, -0.05) is 99.4 Å². The molecule has 0 radical (unpaired) electrons. The first kappa shape index (κ1) is 27.7. The van der Waals surface area contributed by atoms with Crippen molar-refractivity contribution in [3.8, 4) is 0 Å². The molecule has 0 unspecified atom stereocenters. The maximum atomic E-state index is 13.8. The van der Waals surface area contributed by atoms with Crippen LogP contribution in [-0.4, -0.2) is 39.6 Å². The van der Waals surface area contributed by atoms with Crippen LogP contribution in [0.5, 0.6) is 0 Å². The molecule has 3 aromatic rings. The summed E-state index contributed by atoms with van der Waals surface area (Å²) in [6.45, 7) is 3.22. The number of carbonyl (C=O) groups excluding carboxylic acids is 4. The fourth-order valence-electron chi connectivity index (χ4n) is 3.83. The number of ketones is 1. The van der Waals surface area contributed by atoms with Gasteiger partial charge in [-0.2, -0.15) is 5.01 Å². The second-order valence-corrected chi connectivity index (χ2v) is 10.5. The van der Waals surface area contributed by atoms with Crippen molar-refractivity contribution in [1.82, 2.24) is 10.0 Å². The zero-order chi connectivity index (χ0) is 27.3. The predicted molar refractivity (Wildman–Crippen MR) is 145 cm³/mol. The molecule has 12 heteroatoms. The Labute approximate surface area is 241 Å². The zero-order valence-electron chi connectivity index (χ0n) is 18.9. The number of nitrogens with zero attached hydrogens (tertiary/aromatic N) is 2. The van der Waals surface area contributed by atoms with E-state index in [4.69, 9.17) is 69.6 Å². The summed E-state index contributed by atoms with van der Waals surface area (Å²) < 4.78 is 0. The van der Waals surface area contributed by atoms with Gasteiger partial charge in [0.15, 0.2) is 5.78 Å². The standard InChI is InChI=1S/C25H14Cl6N2O4/c1-10-3-5-12(6-4-10)22(34)11(2)32(23(35)14-8-7-13(26)9-15(14)27)33-24(36)16-17(25(33)37)19(29)21(31)20(30)18(16)28/h3-9,11H,1-2H3/t11-/m0/s1. The van der Waals surface area contributed by atoms with Crippen LogP contribution >= 0.6 is 69.6 Å². The largest absolute Gasteiger partial charge is 0.292 e. The molecule has 1 aliphatic rings. The Balaban J connectivity index is 1.89. The van der Waals surface area contributed by atoms with Crippen LogP contribution in [0.3, 0.4) is 0 Å². The molecule has 6 nitrogen and oxygen atoms in total. The molecule has 4 rings (SSSR count). The van der Waals surface area contributed by atoms with Gasteiger partial charge in [0.1, 0.15) is 6.04 Å². The fourth-order valence-corrected chi connectivity index (χ4v) is 5.33. The number of hydrogen-bond donors (Lipinski definition) is 0. The summed E-state index contributed by atoms with van der Waals surface area (Å²) in [4.78, 5) is 54.4. The summed E-state index contributed by atoms with van der Waals surface area (Å²) >= 11 is 37.0. The van der Waals surface area contributed by atoms with Gasteiger partial charge in [0.25, 0.3) is 17.7 Å². The molecule has 1 atom stereocenters. The lowest BCUT2D eigenvalue weighted by molar-refractivity contribution is -0.00679. The van der Waals surface area contributed by atoms with E-state index in [-0.39, 0.29) is 52.4 Å². The molecular formula is C25H14Cl6N2O4. The summed E-state index contributed by atoms with van der Waals surface area (Å²) in [6, 6.07) is 9.25. The van der Waals surface area contributed by atoms with Gasteiger partial charge in [0, 0.05) is 10.6 Å². The first-order valence-electron chi connectivity index (χ1n) is 10.5. The van der Waals surface area contributed by atoms with Crippen LogP contribution in [0.4, 0.5) is 0 Å². The molecule has 0 N–H and O–H groups in total. The van der Waals surface area contributed by atoms with Gasteiger partial charge < -0.3 is 0 Å². The quantitative estimate of drug-likeness (QED) is 0.126. The van der Waals surface area contributed by atoms with Crippen molar-refractivity contribution in [2.75, 3.05) is 0 Å². The highest BCUT2D eigenvalue weighted by atomic mass is 35.5. The third kappa shape index (κ3) is 4.71. The Kier molecular flexibility index (Phi) is 7.82. The number of amides is 3. The molecule has 0 spiro atoms. The molecule has 0 saturated heterocycles. The van der Waals surface area contributed by atoms with Crippen LogP contribution < -0.4 is 0 Å². The van der Waals surface area contributed by atoms with E-state index < -0.39 is 29.5 Å². The molecule has 0 aliphatic carbocycles. The summed E-state index contributed by atoms with van der Waals surface area (Å²) in [5.74, 6) is -3.52. The maximum absolute atomic E-state index is 13.8. The first-order chi connectivity index (χ1) is 17.4. The van der Waals surface area contributed by atoms with Crippen LogP contribution in [0.25, 0.3) is 0 Å². The van der Waals surface area contributed by atoms with Crippen molar-refractivity contribution in [1.29, 1.82) is 0 Å². The number of rotatable bonds is 5. The number of fused-ring (bicyclic) bond motifs is 1. The number of carbonyl (C=O) groups is 4. The van der Waals surface area contributed by atoms with Crippen molar-refractivity contribution in [3.05, 3.63) is 100 Å². The van der Waals surface area contributed by atoms with Crippen LogP contribution in [-0.2, 0) is 0 Å². The van der Waals surface area contributed by atoms with E-state index in [2.05, 4.69) is 0 Å². The van der Waals surface area contributed by atoms with Crippen LogP contribution in [0.1, 0.15) is 53.9 Å². The third-order valence-electron chi connectivity index (χ3n) is 5.75. The van der Waals surface area contributed by atoms with E-state index in [0.717, 1.165) is 10.6 Å². The van der Waals surface area contributed by atoms with Gasteiger partial charge in [0.05, 0.1) is 41.8 Å². The summed E-state index contributed by atoms with van der Waals surface area (Å²) in [7, 11) is 0. The molecule has 0 aromatic heterocycles. The van der Waals surface area contributed by atoms with E-state index in [1.165, 1.54) is 25.1 Å². The van der Waals surface area contributed by atoms with Crippen molar-refractivity contribution in [3.63, 3.8) is 0 Å². The Morgan fingerprint density at radius 3 is 1.78 bits per heavy atom. The lowest BCUT2D eigenvalue weighted by atomic mass is 10.0.